The number of unbranched alkanes of at least 4 members (excludes halogenated alkanes) is 11. The van der Waals surface area contributed by atoms with Crippen molar-refractivity contribution in [2.75, 3.05) is 12.3 Å². The second kappa shape index (κ2) is 19.2. The maximum Gasteiger partial charge on any atom is 1.00 e. The molecule has 0 saturated carbocycles. The zero-order chi connectivity index (χ0) is 18.1. The molecule has 0 amide bonds. The van der Waals surface area contributed by atoms with Crippen molar-refractivity contribution in [3.05, 3.63) is 0 Å². The van der Waals surface area contributed by atoms with Crippen LogP contribution in [0.1, 0.15) is 96.8 Å². The predicted molar refractivity (Wildman–Crippen MR) is 99.0 cm³/mol. The van der Waals surface area contributed by atoms with Gasteiger partial charge in [0.15, 0.2) is 0 Å². The van der Waals surface area contributed by atoms with Gasteiger partial charge in [0.05, 0.1) is 5.75 Å². The average Bonchev–Trinajstić information content (AvgIpc) is 2.52. The zero-order valence-corrected chi connectivity index (χ0v) is 19.2. The number of hydrogen-bond donors (Lipinski definition) is 1. The van der Waals surface area contributed by atoms with Crippen molar-refractivity contribution in [1.82, 2.24) is 0 Å². The Bertz CT molecular complexity index is 413. The van der Waals surface area contributed by atoms with Crippen LogP contribution in [0.3, 0.4) is 0 Å². The first-order valence-corrected chi connectivity index (χ1v) is 11.2. The molecule has 0 heterocycles. The summed E-state index contributed by atoms with van der Waals surface area (Å²) in [6.07, 6.45) is 15.8. The van der Waals surface area contributed by atoms with E-state index in [9.17, 15) is 13.5 Å². The molecule has 5 nitrogen and oxygen atoms in total. The van der Waals surface area contributed by atoms with Gasteiger partial charge in [0.1, 0.15) is 0 Å². The normalized spacial score (nSPS) is 12.2. The van der Waals surface area contributed by atoms with Crippen LogP contribution in [0.4, 0.5) is 0 Å². The van der Waals surface area contributed by atoms with Crippen LogP contribution >= 0.6 is 0 Å². The van der Waals surface area contributed by atoms with Crippen molar-refractivity contribution in [3.63, 3.8) is 0 Å². The van der Waals surface area contributed by atoms with Crippen LogP contribution in [0.15, 0.2) is 4.99 Å². The van der Waals surface area contributed by atoms with Crippen molar-refractivity contribution in [1.29, 1.82) is 0 Å². The molecular weight excluding hydrogens is 349 g/mol. The van der Waals surface area contributed by atoms with Gasteiger partial charge in [-0.15, -0.1) is 0 Å². The maximum atomic E-state index is 11.5. The average molecular weight is 386 g/mol. The number of rotatable bonds is 17. The van der Waals surface area contributed by atoms with Crippen molar-refractivity contribution in [2.45, 2.75) is 96.8 Å². The molecule has 0 spiro atoms. The van der Waals surface area contributed by atoms with E-state index in [2.05, 4.69) is 11.9 Å². The second-order valence-corrected chi connectivity index (χ2v) is 8.13. The Labute approximate surface area is 177 Å². The second-order valence-electron chi connectivity index (χ2n) is 6.55. The standard InChI is InChI=1S/C18H37NO4S.Na/c1-2-3-4-5-6-7-8-9-10-11-12-13-15-18(20)19-16-14-17-24(21,22)23;/h2-17H2,1H3,(H,19,20)(H,21,22,23);/q;+1/p-1. The minimum absolute atomic E-state index is 0. The fraction of sp³-hybridized carbons (Fsp3) is 0.944. The van der Waals surface area contributed by atoms with Gasteiger partial charge in [0.25, 0.3) is 10.1 Å². The van der Waals surface area contributed by atoms with Crippen LogP contribution in [0.2, 0.25) is 0 Å². The smallest absolute Gasteiger partial charge is 0.862 e. The first-order chi connectivity index (χ1) is 11.5. The molecule has 25 heavy (non-hydrogen) atoms. The van der Waals surface area contributed by atoms with E-state index >= 15 is 0 Å². The third-order valence-corrected chi connectivity index (χ3v) is 4.90. The molecule has 0 rings (SSSR count). The van der Waals surface area contributed by atoms with Crippen LogP contribution in [-0.2, 0) is 10.1 Å². The minimum Gasteiger partial charge on any atom is -0.862 e. The monoisotopic (exact) mass is 385 g/mol. The van der Waals surface area contributed by atoms with E-state index in [-0.39, 0.29) is 54.2 Å². The molecule has 0 fully saturated rings. The van der Waals surface area contributed by atoms with E-state index in [0.717, 1.165) is 12.8 Å². The summed E-state index contributed by atoms with van der Waals surface area (Å²) in [6.45, 7) is 2.42. The molecule has 144 valence electrons. The number of nitrogens with zero attached hydrogens (tertiary/aromatic N) is 1. The van der Waals surface area contributed by atoms with Crippen molar-refractivity contribution in [2.24, 2.45) is 4.99 Å². The summed E-state index contributed by atoms with van der Waals surface area (Å²) in [7, 11) is -3.93. The van der Waals surface area contributed by atoms with E-state index in [1.165, 1.54) is 64.2 Å². The summed E-state index contributed by atoms with van der Waals surface area (Å²) in [6, 6.07) is 0. The number of aliphatic imine (C=N–C) groups is 1. The largest absolute Gasteiger partial charge is 1.00 e. The molecule has 1 N–H and O–H groups in total. The summed E-state index contributed by atoms with van der Waals surface area (Å²) < 4.78 is 29.6. The van der Waals surface area contributed by atoms with Crippen molar-refractivity contribution < 1.29 is 47.6 Å². The Balaban J connectivity index is 0. The topological polar surface area (TPSA) is 89.8 Å². The summed E-state index contributed by atoms with van der Waals surface area (Å²) in [5.41, 5.74) is 0. The minimum atomic E-state index is -3.93. The van der Waals surface area contributed by atoms with Crippen molar-refractivity contribution >= 4 is 16.0 Å². The third kappa shape index (κ3) is 24.4. The van der Waals surface area contributed by atoms with Gasteiger partial charge in [-0.25, -0.2) is 0 Å². The molecule has 0 bridgehead atoms. The maximum absolute atomic E-state index is 11.5. The third-order valence-electron chi connectivity index (χ3n) is 4.09. The summed E-state index contributed by atoms with van der Waals surface area (Å²) >= 11 is 0. The molecule has 7 heteroatoms. The molecule has 0 atom stereocenters. The Morgan fingerprint density at radius 1 is 0.840 bits per heavy atom. The van der Waals surface area contributed by atoms with E-state index in [1.54, 1.807) is 0 Å². The van der Waals surface area contributed by atoms with Gasteiger partial charge in [0, 0.05) is 6.54 Å². The molecule has 0 unspecified atom stereocenters. The van der Waals surface area contributed by atoms with Crippen LogP contribution in [0.25, 0.3) is 0 Å². The Kier molecular flexibility index (Phi) is 21.1. The van der Waals surface area contributed by atoms with E-state index in [0.29, 0.717) is 6.42 Å². The van der Waals surface area contributed by atoms with Crippen LogP contribution in [0.5, 0.6) is 0 Å². The molecule has 0 aromatic rings. The molecule has 0 aliphatic heterocycles. The molecule has 0 aromatic carbocycles. The molecular formula is C18H36NNaO4S. The van der Waals surface area contributed by atoms with Crippen molar-refractivity contribution in [3.8, 4) is 0 Å². The summed E-state index contributed by atoms with van der Waals surface area (Å²) in [5.74, 6) is -0.486. The Morgan fingerprint density at radius 2 is 1.28 bits per heavy atom. The fourth-order valence-electron chi connectivity index (χ4n) is 2.65. The van der Waals surface area contributed by atoms with E-state index < -0.39 is 10.1 Å². The van der Waals surface area contributed by atoms with Gasteiger partial charge < -0.3 is 10.1 Å². The number of hydrogen-bond acceptors (Lipinski definition) is 4. The SMILES string of the molecule is CCCCCCCCCCCCCCC([O-])=NCCCS(=O)(=O)O.[Na+]. The molecule has 0 radical (unpaired) electrons. The first-order valence-electron chi connectivity index (χ1n) is 9.61. The van der Waals surface area contributed by atoms with Crippen LogP contribution in [0, 0.1) is 0 Å². The van der Waals surface area contributed by atoms with Gasteiger partial charge in [-0.1, -0.05) is 77.6 Å². The Morgan fingerprint density at radius 3 is 1.72 bits per heavy atom. The van der Waals surface area contributed by atoms with Gasteiger partial charge in [-0.05, 0) is 25.2 Å². The van der Waals surface area contributed by atoms with E-state index in [1.807, 2.05) is 0 Å². The molecule has 0 aliphatic rings. The predicted octanol–water partition coefficient (Wildman–Crippen LogP) is 1.12. The molecule has 0 aliphatic carbocycles. The fourth-order valence-corrected chi connectivity index (χ4v) is 3.14. The Hall–Kier alpha value is 0.380. The van der Waals surface area contributed by atoms with E-state index in [4.69, 9.17) is 4.55 Å². The van der Waals surface area contributed by atoms with Gasteiger partial charge in [-0.3, -0.25) is 4.55 Å². The van der Waals surface area contributed by atoms with Gasteiger partial charge in [-0.2, -0.15) is 8.42 Å². The molecule has 0 aromatic heterocycles. The van der Waals surface area contributed by atoms with Crippen LogP contribution in [-0.4, -0.2) is 31.2 Å². The zero-order valence-electron chi connectivity index (χ0n) is 16.3. The van der Waals surface area contributed by atoms with Gasteiger partial charge in [0.2, 0.25) is 0 Å². The quantitative estimate of drug-likeness (QED) is 0.134. The summed E-state index contributed by atoms with van der Waals surface area (Å²) in [5, 5.41) is 11.5. The van der Waals surface area contributed by atoms with Gasteiger partial charge >= 0.3 is 29.6 Å². The van der Waals surface area contributed by atoms with Crippen LogP contribution < -0.4 is 34.7 Å². The molecule has 0 saturated heterocycles. The summed E-state index contributed by atoms with van der Waals surface area (Å²) in [4.78, 5) is 3.80. The first kappa shape index (κ1) is 27.6.